The Balaban J connectivity index is 1.63. The van der Waals surface area contributed by atoms with Crippen molar-refractivity contribution in [3.63, 3.8) is 0 Å². The van der Waals surface area contributed by atoms with Crippen LogP contribution < -0.4 is 10.6 Å². The number of hydrogen-bond acceptors (Lipinski definition) is 5. The van der Waals surface area contributed by atoms with Gasteiger partial charge in [0.2, 0.25) is 11.0 Å². The number of unbranched alkanes of at least 4 members (excludes halogenated alkanes) is 1. The van der Waals surface area contributed by atoms with Crippen molar-refractivity contribution in [2.75, 3.05) is 5.32 Å². The number of halogens is 2. The summed E-state index contributed by atoms with van der Waals surface area (Å²) in [6.45, 7) is 6.36. The van der Waals surface area contributed by atoms with E-state index in [1.807, 2.05) is 6.92 Å². The molecule has 3 rings (SSSR count). The van der Waals surface area contributed by atoms with E-state index in [2.05, 4.69) is 34.7 Å². The molecule has 8 heteroatoms. The Morgan fingerprint density at radius 3 is 2.72 bits per heavy atom. The van der Waals surface area contributed by atoms with Crippen LogP contribution in [0, 0.1) is 11.6 Å². The Morgan fingerprint density at radius 2 is 2.00 bits per heavy atom. The molecule has 2 N–H and O–H groups in total. The molecule has 0 saturated heterocycles. The minimum absolute atomic E-state index is 0.0340. The predicted molar refractivity (Wildman–Crippen MR) is 125 cm³/mol. The van der Waals surface area contributed by atoms with Crippen LogP contribution in [-0.2, 0) is 17.6 Å². The van der Waals surface area contributed by atoms with Gasteiger partial charge in [0, 0.05) is 18.0 Å². The third-order valence-corrected chi connectivity index (χ3v) is 7.22. The molecule has 32 heavy (non-hydrogen) atoms. The van der Waals surface area contributed by atoms with Gasteiger partial charge in [-0.25, -0.2) is 8.78 Å². The van der Waals surface area contributed by atoms with Gasteiger partial charge in [0.15, 0.2) is 0 Å². The lowest BCUT2D eigenvalue weighted by Gasteiger charge is -2.29. The smallest absolute Gasteiger partial charge is 0.243 e. The van der Waals surface area contributed by atoms with Crippen LogP contribution in [0.2, 0.25) is 0 Å². The summed E-state index contributed by atoms with van der Waals surface area (Å²) in [6, 6.07) is 1.93. The molecule has 0 aliphatic heterocycles. The van der Waals surface area contributed by atoms with Gasteiger partial charge in [-0.05, 0) is 55.7 Å². The van der Waals surface area contributed by atoms with Crippen molar-refractivity contribution in [3.05, 3.63) is 39.9 Å². The molecule has 1 aromatic carbocycles. The first-order chi connectivity index (χ1) is 15.4. The molecule has 1 aliphatic carbocycles. The van der Waals surface area contributed by atoms with Gasteiger partial charge in [0.1, 0.15) is 16.6 Å². The first kappa shape index (κ1) is 24.7. The number of nitrogens with one attached hydrogen (secondary N) is 2. The molecule has 3 atom stereocenters. The van der Waals surface area contributed by atoms with E-state index in [9.17, 15) is 13.6 Å². The second kappa shape index (κ2) is 11.8. The quantitative estimate of drug-likeness (QED) is 0.444. The third-order valence-electron chi connectivity index (χ3n) is 6.21. The van der Waals surface area contributed by atoms with Crippen molar-refractivity contribution in [3.8, 4) is 0 Å². The molecule has 176 valence electrons. The highest BCUT2D eigenvalue weighted by atomic mass is 32.1. The maximum absolute atomic E-state index is 14.3. The highest BCUT2D eigenvalue weighted by molar-refractivity contribution is 7.15. The fourth-order valence-corrected chi connectivity index (χ4v) is 5.35. The van der Waals surface area contributed by atoms with Crippen LogP contribution in [0.1, 0.15) is 87.8 Å². The first-order valence-electron chi connectivity index (χ1n) is 11.8. The molecule has 0 fully saturated rings. The van der Waals surface area contributed by atoms with Gasteiger partial charge in [-0.15, -0.1) is 10.2 Å². The molecular weight excluding hydrogens is 430 g/mol. The molecule has 2 unspecified atom stereocenters. The summed E-state index contributed by atoms with van der Waals surface area (Å²) in [4.78, 5) is 13.0. The minimum Gasteiger partial charge on any atom is -0.303 e. The lowest BCUT2D eigenvalue weighted by molar-refractivity contribution is -0.118. The molecule has 1 aromatic heterocycles. The number of rotatable bonds is 11. The molecule has 1 aliphatic rings. The van der Waals surface area contributed by atoms with Crippen molar-refractivity contribution in [1.29, 1.82) is 0 Å². The lowest BCUT2D eigenvalue weighted by Crippen LogP contribution is -2.47. The third kappa shape index (κ3) is 6.32. The summed E-state index contributed by atoms with van der Waals surface area (Å²) in [5, 5.41) is 16.4. The molecule has 2 aromatic rings. The Morgan fingerprint density at radius 1 is 1.19 bits per heavy atom. The zero-order chi connectivity index (χ0) is 23.1. The summed E-state index contributed by atoms with van der Waals surface area (Å²) in [5.41, 5.74) is 1.28. The highest BCUT2D eigenvalue weighted by Gasteiger charge is 2.27. The fourth-order valence-electron chi connectivity index (χ4n) is 4.39. The van der Waals surface area contributed by atoms with E-state index in [1.54, 1.807) is 0 Å². The molecule has 0 radical (unpaired) electrons. The topological polar surface area (TPSA) is 66.9 Å². The van der Waals surface area contributed by atoms with Gasteiger partial charge in [0.25, 0.3) is 0 Å². The van der Waals surface area contributed by atoms with Crippen LogP contribution >= 0.6 is 11.3 Å². The average Bonchev–Trinajstić information content (AvgIpc) is 3.22. The number of carbonyl (C=O) groups excluding carboxylic acids is 1. The second-order valence-corrected chi connectivity index (χ2v) is 9.66. The number of amides is 1. The van der Waals surface area contributed by atoms with Crippen molar-refractivity contribution in [2.24, 2.45) is 0 Å². The molecule has 1 heterocycles. The Kier molecular flexibility index (Phi) is 9.11. The number of fused-ring (bicyclic) bond motifs is 1. The largest absolute Gasteiger partial charge is 0.303 e. The number of aryl methyl sites for hydroxylation is 1. The van der Waals surface area contributed by atoms with Crippen molar-refractivity contribution < 1.29 is 13.6 Å². The number of carbonyl (C=O) groups is 1. The van der Waals surface area contributed by atoms with E-state index >= 15 is 0 Å². The standard InChI is InChI=1S/C24H34F2N4OS/c1-4-7-9-15(6-3)23-29-30-24(32-23)28-22(31)21(8-5-2)27-18-11-10-16-12-17(25)13-20(26)19(16)14-18/h12-13,15,18,21,27H,4-11,14H2,1-3H3,(H,28,30,31)/t15?,18?,21-/m0/s1. The average molecular weight is 465 g/mol. The summed E-state index contributed by atoms with van der Waals surface area (Å²) < 4.78 is 27.7. The zero-order valence-corrected chi connectivity index (χ0v) is 20.0. The number of anilines is 1. The Labute approximate surface area is 193 Å². The molecule has 0 bridgehead atoms. The van der Waals surface area contributed by atoms with Crippen LogP contribution in [0.15, 0.2) is 12.1 Å². The van der Waals surface area contributed by atoms with Crippen LogP contribution in [0.25, 0.3) is 0 Å². The second-order valence-electron chi connectivity index (χ2n) is 8.66. The highest BCUT2D eigenvalue weighted by Crippen LogP contribution is 2.30. The van der Waals surface area contributed by atoms with Crippen molar-refractivity contribution in [2.45, 2.75) is 96.6 Å². The predicted octanol–water partition coefficient (Wildman–Crippen LogP) is 5.75. The molecule has 0 saturated carbocycles. The van der Waals surface area contributed by atoms with Crippen LogP contribution in [0.4, 0.5) is 13.9 Å². The van der Waals surface area contributed by atoms with E-state index in [0.717, 1.165) is 55.2 Å². The Bertz CT molecular complexity index is 904. The SMILES string of the molecule is CCCCC(CC)c1nnc(NC(=O)[C@H](CCC)NC2CCc3cc(F)cc(F)c3C2)s1. The van der Waals surface area contributed by atoms with E-state index in [-0.39, 0.29) is 11.9 Å². The van der Waals surface area contributed by atoms with Crippen molar-refractivity contribution in [1.82, 2.24) is 15.5 Å². The van der Waals surface area contributed by atoms with Crippen LogP contribution in [0.5, 0.6) is 0 Å². The van der Waals surface area contributed by atoms with Crippen molar-refractivity contribution >= 4 is 22.4 Å². The lowest BCUT2D eigenvalue weighted by atomic mass is 9.87. The number of hydrogen-bond donors (Lipinski definition) is 2. The number of nitrogens with zero attached hydrogens (tertiary/aromatic N) is 2. The van der Waals surface area contributed by atoms with Gasteiger partial charge >= 0.3 is 0 Å². The molecule has 1 amide bonds. The monoisotopic (exact) mass is 464 g/mol. The summed E-state index contributed by atoms with van der Waals surface area (Å²) in [6.07, 6.45) is 7.68. The maximum atomic E-state index is 14.3. The van der Waals surface area contributed by atoms with E-state index in [1.165, 1.54) is 17.4 Å². The van der Waals surface area contributed by atoms with E-state index in [4.69, 9.17) is 0 Å². The van der Waals surface area contributed by atoms with Gasteiger partial charge in [-0.2, -0.15) is 0 Å². The number of benzene rings is 1. The summed E-state index contributed by atoms with van der Waals surface area (Å²) in [7, 11) is 0. The minimum atomic E-state index is -0.535. The normalized spacial score (nSPS) is 17.6. The summed E-state index contributed by atoms with van der Waals surface area (Å²) >= 11 is 1.45. The zero-order valence-electron chi connectivity index (χ0n) is 19.2. The van der Waals surface area contributed by atoms with Crippen LogP contribution in [-0.4, -0.2) is 28.2 Å². The van der Waals surface area contributed by atoms with Gasteiger partial charge < -0.3 is 5.32 Å². The van der Waals surface area contributed by atoms with Gasteiger partial charge in [-0.1, -0.05) is 51.4 Å². The Hall–Kier alpha value is -1.93. The first-order valence-corrected chi connectivity index (χ1v) is 12.6. The van der Waals surface area contributed by atoms with Crippen LogP contribution in [0.3, 0.4) is 0 Å². The molecule has 0 spiro atoms. The van der Waals surface area contributed by atoms with E-state index in [0.29, 0.717) is 35.9 Å². The molecular formula is C24H34F2N4OS. The summed E-state index contributed by atoms with van der Waals surface area (Å²) in [5.74, 6) is -0.795. The fraction of sp³-hybridized carbons (Fsp3) is 0.625. The maximum Gasteiger partial charge on any atom is 0.243 e. The van der Waals surface area contributed by atoms with E-state index < -0.39 is 17.7 Å². The number of aromatic nitrogens is 2. The van der Waals surface area contributed by atoms with Gasteiger partial charge in [-0.3, -0.25) is 10.1 Å². The van der Waals surface area contributed by atoms with Gasteiger partial charge in [0.05, 0.1) is 6.04 Å². The molecule has 5 nitrogen and oxygen atoms in total.